The molecule has 0 atom stereocenters. The fourth-order valence-corrected chi connectivity index (χ4v) is 2.16. The fraction of sp³-hybridized carbons (Fsp3) is 0.417. The molecule has 0 radical (unpaired) electrons. The first kappa shape index (κ1) is 10.7. The van der Waals surface area contributed by atoms with Crippen LogP contribution in [0.15, 0.2) is 28.7 Å². The lowest BCUT2D eigenvalue weighted by Crippen LogP contribution is -2.30. The summed E-state index contributed by atoms with van der Waals surface area (Å²) in [6.07, 6.45) is 2.32. The predicted molar refractivity (Wildman–Crippen MR) is 63.4 cm³/mol. The van der Waals surface area contributed by atoms with Crippen LogP contribution in [0.4, 0.5) is 0 Å². The maximum absolute atomic E-state index is 11.4. The molecule has 2 nitrogen and oxygen atoms in total. The molecule has 1 fully saturated rings. The van der Waals surface area contributed by atoms with Crippen LogP contribution >= 0.6 is 15.9 Å². The van der Waals surface area contributed by atoms with Gasteiger partial charge in [0.05, 0.1) is 0 Å². The topological polar surface area (TPSA) is 20.3 Å². The van der Waals surface area contributed by atoms with Crippen LogP contribution in [-0.2, 0) is 11.3 Å². The highest BCUT2D eigenvalue weighted by Gasteiger charge is 2.30. The average molecular weight is 268 g/mol. The van der Waals surface area contributed by atoms with E-state index in [0.29, 0.717) is 6.04 Å². The number of benzene rings is 1. The lowest BCUT2D eigenvalue weighted by molar-refractivity contribution is -0.130. The van der Waals surface area contributed by atoms with Crippen molar-refractivity contribution in [2.24, 2.45) is 0 Å². The van der Waals surface area contributed by atoms with Gasteiger partial charge in [0.15, 0.2) is 0 Å². The molecular weight excluding hydrogens is 254 g/mol. The molecule has 0 unspecified atom stereocenters. The van der Waals surface area contributed by atoms with Crippen LogP contribution in [0.25, 0.3) is 0 Å². The summed E-state index contributed by atoms with van der Waals surface area (Å²) in [5.74, 6) is 0.178. The smallest absolute Gasteiger partial charge is 0.219 e. The first-order valence-corrected chi connectivity index (χ1v) is 5.98. The normalized spacial score (nSPS) is 15.1. The van der Waals surface area contributed by atoms with Crippen molar-refractivity contribution in [1.82, 2.24) is 4.90 Å². The first-order chi connectivity index (χ1) is 7.16. The van der Waals surface area contributed by atoms with Gasteiger partial charge in [-0.15, -0.1) is 0 Å². The predicted octanol–water partition coefficient (Wildman–Crippen LogP) is 2.96. The third-order valence-electron chi connectivity index (χ3n) is 2.63. The molecule has 0 aliphatic heterocycles. The Morgan fingerprint density at radius 2 is 2.27 bits per heavy atom. The van der Waals surface area contributed by atoms with Gasteiger partial charge in [-0.3, -0.25) is 4.79 Å². The Labute approximate surface area is 98.4 Å². The van der Waals surface area contributed by atoms with E-state index in [1.165, 1.54) is 5.56 Å². The van der Waals surface area contributed by atoms with E-state index in [1.807, 2.05) is 17.0 Å². The number of nitrogens with zero attached hydrogens (tertiary/aromatic N) is 1. The number of hydrogen-bond donors (Lipinski definition) is 0. The summed E-state index contributed by atoms with van der Waals surface area (Å²) in [5.41, 5.74) is 1.19. The number of carbonyl (C=O) groups is 1. The summed E-state index contributed by atoms with van der Waals surface area (Å²) in [5, 5.41) is 0. The highest BCUT2D eigenvalue weighted by molar-refractivity contribution is 9.10. The Morgan fingerprint density at radius 3 is 2.80 bits per heavy atom. The molecule has 0 saturated heterocycles. The maximum atomic E-state index is 11.4. The largest absolute Gasteiger partial charge is 0.336 e. The zero-order chi connectivity index (χ0) is 10.8. The minimum absolute atomic E-state index is 0.178. The van der Waals surface area contributed by atoms with Gasteiger partial charge in [-0.2, -0.15) is 0 Å². The van der Waals surface area contributed by atoms with E-state index >= 15 is 0 Å². The highest BCUT2D eigenvalue weighted by atomic mass is 79.9. The zero-order valence-electron chi connectivity index (χ0n) is 8.74. The lowest BCUT2D eigenvalue weighted by atomic mass is 10.2. The highest BCUT2D eigenvalue weighted by Crippen LogP contribution is 2.28. The summed E-state index contributed by atoms with van der Waals surface area (Å²) >= 11 is 3.44. The van der Waals surface area contributed by atoms with E-state index in [-0.39, 0.29) is 5.91 Å². The molecule has 1 aromatic rings. The van der Waals surface area contributed by atoms with Crippen molar-refractivity contribution >= 4 is 21.8 Å². The Hall–Kier alpha value is -0.830. The molecule has 2 rings (SSSR count). The second kappa shape index (κ2) is 4.35. The lowest BCUT2D eigenvalue weighted by Gasteiger charge is -2.20. The number of amides is 1. The monoisotopic (exact) mass is 267 g/mol. The van der Waals surface area contributed by atoms with Crippen LogP contribution in [0.2, 0.25) is 0 Å². The fourth-order valence-electron chi connectivity index (χ4n) is 1.72. The average Bonchev–Trinajstić information content (AvgIpc) is 2.97. The molecule has 1 amide bonds. The van der Waals surface area contributed by atoms with Gasteiger partial charge in [0.1, 0.15) is 0 Å². The molecule has 0 heterocycles. The molecule has 1 aliphatic rings. The molecule has 0 spiro atoms. The van der Waals surface area contributed by atoms with Gasteiger partial charge < -0.3 is 4.90 Å². The molecule has 1 aromatic carbocycles. The molecule has 3 heteroatoms. The van der Waals surface area contributed by atoms with E-state index in [1.54, 1.807) is 6.92 Å². The molecule has 80 valence electrons. The second-order valence-corrected chi connectivity index (χ2v) is 4.92. The van der Waals surface area contributed by atoms with Gasteiger partial charge >= 0.3 is 0 Å². The third kappa shape index (κ3) is 2.81. The van der Waals surface area contributed by atoms with Crippen LogP contribution in [0.3, 0.4) is 0 Å². The van der Waals surface area contributed by atoms with Crippen molar-refractivity contribution in [3.8, 4) is 0 Å². The summed E-state index contributed by atoms with van der Waals surface area (Å²) in [4.78, 5) is 13.4. The molecule has 1 saturated carbocycles. The molecule has 15 heavy (non-hydrogen) atoms. The van der Waals surface area contributed by atoms with Crippen molar-refractivity contribution < 1.29 is 4.79 Å². The van der Waals surface area contributed by atoms with Crippen molar-refractivity contribution in [2.45, 2.75) is 32.4 Å². The Kier molecular flexibility index (Phi) is 3.10. The zero-order valence-corrected chi connectivity index (χ0v) is 10.3. The van der Waals surface area contributed by atoms with Gasteiger partial charge in [-0.1, -0.05) is 28.1 Å². The third-order valence-corrected chi connectivity index (χ3v) is 3.13. The van der Waals surface area contributed by atoms with E-state index in [4.69, 9.17) is 0 Å². The van der Waals surface area contributed by atoms with Crippen molar-refractivity contribution in [1.29, 1.82) is 0 Å². The van der Waals surface area contributed by atoms with Gasteiger partial charge in [0.2, 0.25) is 5.91 Å². The molecule has 0 bridgehead atoms. The van der Waals surface area contributed by atoms with E-state index in [2.05, 4.69) is 28.1 Å². The SMILES string of the molecule is CC(=O)N(Cc1cccc(Br)c1)C1CC1. The van der Waals surface area contributed by atoms with Gasteiger partial charge in [0, 0.05) is 24.0 Å². The maximum Gasteiger partial charge on any atom is 0.219 e. The van der Waals surface area contributed by atoms with E-state index in [9.17, 15) is 4.79 Å². The number of rotatable bonds is 3. The quantitative estimate of drug-likeness (QED) is 0.825. The number of halogens is 1. The van der Waals surface area contributed by atoms with Gasteiger partial charge in [-0.25, -0.2) is 0 Å². The standard InChI is InChI=1S/C12H14BrNO/c1-9(15)14(12-5-6-12)8-10-3-2-4-11(13)7-10/h2-4,7,12H,5-6,8H2,1H3. The van der Waals surface area contributed by atoms with Crippen LogP contribution < -0.4 is 0 Å². The van der Waals surface area contributed by atoms with Crippen molar-refractivity contribution in [3.63, 3.8) is 0 Å². The van der Waals surface area contributed by atoms with Gasteiger partial charge in [0.25, 0.3) is 0 Å². The number of carbonyl (C=O) groups excluding carboxylic acids is 1. The first-order valence-electron chi connectivity index (χ1n) is 5.18. The molecule has 1 aliphatic carbocycles. The number of hydrogen-bond acceptors (Lipinski definition) is 1. The van der Waals surface area contributed by atoms with E-state index < -0.39 is 0 Å². The minimum atomic E-state index is 0.178. The molecule has 0 aromatic heterocycles. The second-order valence-electron chi connectivity index (χ2n) is 4.01. The minimum Gasteiger partial charge on any atom is -0.336 e. The van der Waals surface area contributed by atoms with Crippen LogP contribution in [0.5, 0.6) is 0 Å². The van der Waals surface area contributed by atoms with Crippen LogP contribution in [-0.4, -0.2) is 16.8 Å². The molecule has 0 N–H and O–H groups in total. The van der Waals surface area contributed by atoms with Crippen LogP contribution in [0.1, 0.15) is 25.3 Å². The van der Waals surface area contributed by atoms with Gasteiger partial charge in [-0.05, 0) is 30.5 Å². The van der Waals surface area contributed by atoms with Crippen molar-refractivity contribution in [2.75, 3.05) is 0 Å². The van der Waals surface area contributed by atoms with E-state index in [0.717, 1.165) is 23.9 Å². The van der Waals surface area contributed by atoms with Crippen LogP contribution in [0, 0.1) is 0 Å². The summed E-state index contributed by atoms with van der Waals surface area (Å²) in [6.45, 7) is 2.38. The Morgan fingerprint density at radius 1 is 1.53 bits per heavy atom. The Balaban J connectivity index is 2.08. The van der Waals surface area contributed by atoms with Crippen molar-refractivity contribution in [3.05, 3.63) is 34.3 Å². The summed E-state index contributed by atoms with van der Waals surface area (Å²) < 4.78 is 1.07. The Bertz CT molecular complexity index is 374. The molecular formula is C12H14BrNO. The summed E-state index contributed by atoms with van der Waals surface area (Å²) in [7, 11) is 0. The summed E-state index contributed by atoms with van der Waals surface area (Å²) in [6, 6.07) is 8.62.